The van der Waals surface area contributed by atoms with Crippen molar-refractivity contribution in [2.24, 2.45) is 0 Å². The lowest BCUT2D eigenvalue weighted by Crippen LogP contribution is -1.91. The van der Waals surface area contributed by atoms with E-state index in [1.54, 1.807) is 0 Å². The molecule has 0 heterocycles. The summed E-state index contributed by atoms with van der Waals surface area (Å²) in [5.74, 6) is 0. The predicted octanol–water partition coefficient (Wildman–Crippen LogP) is 36.6. The second kappa shape index (κ2) is 38.9. The van der Waals surface area contributed by atoms with Gasteiger partial charge in [0, 0.05) is 0 Å². The van der Waals surface area contributed by atoms with Crippen molar-refractivity contribution in [3.05, 3.63) is 216 Å². The Balaban J connectivity index is 0.872. The maximum absolute atomic E-state index is 2.62. The van der Waals surface area contributed by atoms with Gasteiger partial charge < -0.3 is 0 Å². The average molecular weight is 1500 g/mol. The van der Waals surface area contributed by atoms with E-state index in [1.807, 2.05) is 0 Å². The monoisotopic (exact) mass is 1500 g/mol. The molecule has 0 unspecified atom stereocenters. The van der Waals surface area contributed by atoms with Crippen molar-refractivity contribution in [2.45, 2.75) is 310 Å². The molecule has 0 nitrogen and oxygen atoms in total. The van der Waals surface area contributed by atoms with E-state index in [2.05, 4.69) is 222 Å². The molecular formula is C114H132. The fourth-order valence-electron chi connectivity index (χ4n) is 21.3. The molecule has 0 aliphatic rings. The van der Waals surface area contributed by atoms with Gasteiger partial charge in [-0.2, -0.15) is 0 Å². The first-order chi connectivity index (χ1) is 56.6. The highest BCUT2D eigenvalue weighted by Gasteiger charge is 2.32. The van der Waals surface area contributed by atoms with Gasteiger partial charge in [-0.3, -0.25) is 0 Å². The van der Waals surface area contributed by atoms with Gasteiger partial charge in [0.25, 0.3) is 0 Å². The van der Waals surface area contributed by atoms with Crippen molar-refractivity contribution in [3.8, 4) is 44.5 Å². The Morgan fingerprint density at radius 1 is 0.140 bits per heavy atom. The van der Waals surface area contributed by atoms with Crippen molar-refractivity contribution in [2.75, 3.05) is 0 Å². The first kappa shape index (κ1) is 79.3. The summed E-state index contributed by atoms with van der Waals surface area (Å²) in [7, 11) is 0. The highest BCUT2D eigenvalue weighted by Crippen LogP contribution is 2.61. The number of aryl methyl sites for hydroxylation is 4. The zero-order chi connectivity index (χ0) is 77.4. The van der Waals surface area contributed by atoms with E-state index in [0.717, 1.165) is 25.7 Å². The van der Waals surface area contributed by atoms with Crippen LogP contribution in [0.15, 0.2) is 194 Å². The lowest BCUT2D eigenvalue weighted by Gasteiger charge is -2.17. The minimum absolute atomic E-state index is 1.13. The highest BCUT2D eigenvalue weighted by molar-refractivity contribution is 6.52. The second-order valence-corrected chi connectivity index (χ2v) is 35.5. The van der Waals surface area contributed by atoms with Crippen LogP contribution in [-0.4, -0.2) is 0 Å². The van der Waals surface area contributed by atoms with E-state index >= 15 is 0 Å². The first-order valence-electron chi connectivity index (χ1n) is 47.1. The summed E-state index contributed by atoms with van der Waals surface area (Å²) < 4.78 is 0. The zero-order valence-electron chi connectivity index (χ0n) is 70.6. The van der Waals surface area contributed by atoms with Crippen LogP contribution in [0.1, 0.15) is 307 Å². The zero-order valence-corrected chi connectivity index (χ0v) is 70.6. The van der Waals surface area contributed by atoms with Crippen LogP contribution < -0.4 is 0 Å². The van der Waals surface area contributed by atoms with E-state index < -0.39 is 0 Å². The maximum atomic E-state index is 2.62. The number of rotatable bonds is 48. The van der Waals surface area contributed by atoms with Crippen LogP contribution in [0.3, 0.4) is 0 Å². The minimum Gasteiger partial charge on any atom is -0.0654 e. The van der Waals surface area contributed by atoms with Gasteiger partial charge in [-0.1, -0.05) is 453 Å². The molecule has 16 aromatic carbocycles. The van der Waals surface area contributed by atoms with Crippen molar-refractivity contribution >= 4 is 118 Å². The Hall–Kier alpha value is -8.58. The molecule has 0 aliphatic heterocycles. The van der Waals surface area contributed by atoms with Gasteiger partial charge in [0.2, 0.25) is 0 Å². The maximum Gasteiger partial charge on any atom is -0.000717 e. The summed E-state index contributed by atoms with van der Waals surface area (Å²) in [6, 6.07) is 79.4. The second-order valence-electron chi connectivity index (χ2n) is 35.5. The summed E-state index contributed by atoms with van der Waals surface area (Å²) in [5.41, 5.74) is 16.7. The van der Waals surface area contributed by atoms with E-state index in [1.165, 1.54) is 442 Å². The van der Waals surface area contributed by atoms with Crippen LogP contribution in [0.2, 0.25) is 0 Å². The molecule has 114 heavy (non-hydrogen) atoms. The Kier molecular flexibility index (Phi) is 27.1. The summed E-state index contributed by atoms with van der Waals surface area (Å²) >= 11 is 0. The van der Waals surface area contributed by atoms with Crippen LogP contribution in [0.4, 0.5) is 0 Å². The summed E-state index contributed by atoms with van der Waals surface area (Å²) in [6.45, 7) is 9.30. The quantitative estimate of drug-likeness (QED) is 0.0334. The van der Waals surface area contributed by atoms with Crippen molar-refractivity contribution in [1.82, 2.24) is 0 Å². The largest absolute Gasteiger partial charge is 0.0654 e. The van der Waals surface area contributed by atoms with Crippen LogP contribution >= 0.6 is 0 Å². The van der Waals surface area contributed by atoms with E-state index in [9.17, 15) is 0 Å². The normalized spacial score (nSPS) is 12.4. The third-order valence-corrected chi connectivity index (χ3v) is 27.4. The summed E-state index contributed by atoms with van der Waals surface area (Å²) in [4.78, 5) is 0. The van der Waals surface area contributed by atoms with Crippen LogP contribution in [0.5, 0.6) is 0 Å². The van der Waals surface area contributed by atoms with Crippen LogP contribution in [0, 0.1) is 0 Å². The van der Waals surface area contributed by atoms with Gasteiger partial charge in [-0.25, -0.2) is 0 Å². The standard InChI is InChI=1S/C114H132/c1-5-9-13-17-21-25-29-33-37-41-49-81-61-69-87(70-62-81)101-107-91-57-45-53-85-54-46-58-92(99(85)91)108(107)102(88-71-63-82(64-72-88)50-42-38-34-30-26-22-18-14-10-6-2)112-96-79-80-98-106-97(78-77-95(105(96)106)111(101)112)113-103(89-73-65-83(66-74-89)51-43-39-35-31-27-23-19-15-11-7-3)109-93-59-47-55-86-56-48-60-94(100(86)93)110(109)104(114(98)113)90-75-67-84(68-76-90)52-44-40-36-32-28-24-20-16-12-8-4/h45-48,53-80H,5-44,49-52H2,1-4H3. The van der Waals surface area contributed by atoms with Gasteiger partial charge in [0.15, 0.2) is 0 Å². The Labute approximate surface area is 685 Å². The lowest BCUT2D eigenvalue weighted by atomic mass is 9.86. The van der Waals surface area contributed by atoms with Gasteiger partial charge in [-0.05, 0) is 237 Å². The fraction of sp³-hybridized carbons (Fsp3) is 0.421. The Morgan fingerprint density at radius 3 is 0.491 bits per heavy atom. The number of hydrogen-bond donors (Lipinski definition) is 0. The van der Waals surface area contributed by atoms with Crippen molar-refractivity contribution in [1.29, 1.82) is 0 Å². The molecule has 0 amide bonds. The molecule has 0 bridgehead atoms. The average Bonchev–Trinajstić information content (AvgIpc) is 1.50. The molecule has 0 saturated carbocycles. The highest BCUT2D eigenvalue weighted by atomic mass is 14.3. The number of benzene rings is 12. The molecule has 0 aromatic heterocycles. The smallest absolute Gasteiger partial charge is 0.000717 e. The Bertz CT molecular complexity index is 5010. The molecule has 0 aliphatic carbocycles. The molecule has 0 radical (unpaired) electrons. The molecule has 16 aromatic rings. The van der Waals surface area contributed by atoms with Gasteiger partial charge in [-0.15, -0.1) is 0 Å². The number of fused-ring (bicyclic) bond motifs is 12. The van der Waals surface area contributed by atoms with Gasteiger partial charge in [0.1, 0.15) is 0 Å². The predicted molar refractivity (Wildman–Crippen MR) is 508 cm³/mol. The molecule has 16 rings (SSSR count). The van der Waals surface area contributed by atoms with Crippen molar-refractivity contribution < 1.29 is 0 Å². The molecular weight excluding hydrogens is 1370 g/mol. The number of unbranched alkanes of at least 4 members (excludes halogenated alkanes) is 36. The SMILES string of the molecule is CCCCCCCCCCCCc1ccc(-c2c3c4cccc5cccc(c3c(-c3ccc(CCCCCCCCCCCC)cc3)c3c6ccc7c8c(-c9ccc(CCCCCCCCCCCC)cc9)c9c%10cccc%11cccc(c9c(-c9ccc(CCCCCCCCCCCC)cc9)c8c8ccc(c23)c6c87)c%11%10)c54)cc1. The molecule has 0 N–H and O–H groups in total. The molecule has 0 fully saturated rings. The first-order valence-corrected chi connectivity index (χ1v) is 47.1. The summed E-state index contributed by atoms with van der Waals surface area (Å²) in [6.07, 6.45) is 58.8. The van der Waals surface area contributed by atoms with Gasteiger partial charge >= 0.3 is 0 Å². The third-order valence-electron chi connectivity index (χ3n) is 27.4. The van der Waals surface area contributed by atoms with Gasteiger partial charge in [0.05, 0.1) is 0 Å². The van der Waals surface area contributed by atoms with E-state index in [0.29, 0.717) is 0 Å². The molecule has 0 heteroatoms. The summed E-state index contributed by atoms with van der Waals surface area (Å²) in [5, 5.41) is 30.5. The van der Waals surface area contributed by atoms with Crippen molar-refractivity contribution in [3.63, 3.8) is 0 Å². The fourth-order valence-corrected chi connectivity index (χ4v) is 21.3. The molecule has 588 valence electrons. The van der Waals surface area contributed by atoms with E-state index in [4.69, 9.17) is 0 Å². The van der Waals surface area contributed by atoms with E-state index in [-0.39, 0.29) is 0 Å². The Morgan fingerprint density at radius 2 is 0.307 bits per heavy atom. The topological polar surface area (TPSA) is 0 Å². The lowest BCUT2D eigenvalue weighted by molar-refractivity contribution is 0.556. The van der Waals surface area contributed by atoms with Crippen LogP contribution in [0.25, 0.3) is 163 Å². The molecule has 0 spiro atoms. The molecule has 0 saturated heterocycles. The van der Waals surface area contributed by atoms with Crippen LogP contribution in [-0.2, 0) is 25.7 Å². The molecule has 0 atom stereocenters. The minimum atomic E-state index is 1.13. The third kappa shape index (κ3) is 16.9. The number of hydrogen-bond acceptors (Lipinski definition) is 0.